The molecule has 0 aromatic heterocycles. The van der Waals surface area contributed by atoms with Crippen molar-refractivity contribution in [2.45, 2.75) is 83.5 Å². The van der Waals surface area contributed by atoms with Gasteiger partial charge in [0.2, 0.25) is 0 Å². The molecule has 1 saturated carbocycles. The smallest absolute Gasteiger partial charge is 0.335 e. The molecule has 226 valence electrons. The Hall–Kier alpha value is -2.70. The number of aliphatic hydroxyl groups excluding tert-OH is 1. The van der Waals surface area contributed by atoms with Crippen LogP contribution in [0.15, 0.2) is 54.6 Å². The van der Waals surface area contributed by atoms with Gasteiger partial charge in [0.15, 0.2) is 0 Å². The SMILES string of the molecule is C=C(CO)C(=O)OCC(COC(=O)C(=C)COC)c1ccc(C2=CCC(C3CCC(CCCCC)CC3)CC2)cc1. The van der Waals surface area contributed by atoms with Crippen molar-refractivity contribution >= 4 is 17.5 Å². The molecule has 1 aromatic carbocycles. The van der Waals surface area contributed by atoms with Crippen LogP contribution in [0.3, 0.4) is 0 Å². The van der Waals surface area contributed by atoms with E-state index in [1.807, 2.05) is 12.1 Å². The van der Waals surface area contributed by atoms with E-state index >= 15 is 0 Å². The molecule has 3 rings (SSSR count). The molecule has 0 spiro atoms. The fraction of sp³-hybridized carbons (Fsp3) is 0.600. The molecule has 0 amide bonds. The molecule has 1 fully saturated rings. The number of unbranched alkanes of at least 4 members (excludes halogenated alkanes) is 2. The first-order valence-corrected chi connectivity index (χ1v) is 15.4. The number of esters is 2. The van der Waals surface area contributed by atoms with E-state index in [9.17, 15) is 14.7 Å². The monoisotopic (exact) mass is 566 g/mol. The van der Waals surface area contributed by atoms with Gasteiger partial charge in [0.05, 0.1) is 30.3 Å². The number of carbonyl (C=O) groups excluding carboxylic acids is 2. The van der Waals surface area contributed by atoms with E-state index in [0.29, 0.717) is 0 Å². The Labute approximate surface area is 246 Å². The van der Waals surface area contributed by atoms with Crippen molar-refractivity contribution in [1.29, 1.82) is 0 Å². The van der Waals surface area contributed by atoms with Gasteiger partial charge in [0.1, 0.15) is 13.2 Å². The summed E-state index contributed by atoms with van der Waals surface area (Å²) in [6.07, 6.45) is 17.1. The van der Waals surface area contributed by atoms with Crippen molar-refractivity contribution in [2.75, 3.05) is 33.5 Å². The lowest BCUT2D eigenvalue weighted by atomic mass is 9.70. The number of benzene rings is 1. The zero-order valence-electron chi connectivity index (χ0n) is 25.2. The summed E-state index contributed by atoms with van der Waals surface area (Å²) in [7, 11) is 1.48. The van der Waals surface area contributed by atoms with Gasteiger partial charge >= 0.3 is 11.9 Å². The number of methoxy groups -OCH3 is 1. The first kappa shape index (κ1) is 32.8. The Balaban J connectivity index is 1.57. The van der Waals surface area contributed by atoms with Gasteiger partial charge in [0, 0.05) is 7.11 Å². The van der Waals surface area contributed by atoms with E-state index in [1.165, 1.54) is 76.0 Å². The Morgan fingerprint density at radius 3 is 2.15 bits per heavy atom. The molecule has 6 nitrogen and oxygen atoms in total. The van der Waals surface area contributed by atoms with Crippen LogP contribution >= 0.6 is 0 Å². The maximum Gasteiger partial charge on any atom is 0.335 e. The van der Waals surface area contributed by atoms with Crippen molar-refractivity contribution < 1.29 is 28.9 Å². The number of carbonyl (C=O) groups is 2. The first-order valence-electron chi connectivity index (χ1n) is 15.4. The molecule has 0 saturated heterocycles. The molecular formula is C35H50O6. The van der Waals surface area contributed by atoms with Gasteiger partial charge in [-0.2, -0.15) is 0 Å². The molecule has 0 heterocycles. The summed E-state index contributed by atoms with van der Waals surface area (Å²) >= 11 is 0. The molecule has 6 heteroatoms. The molecule has 0 bridgehead atoms. The highest BCUT2D eigenvalue weighted by Crippen LogP contribution is 2.42. The minimum absolute atomic E-state index is 0.00748. The van der Waals surface area contributed by atoms with Crippen molar-refractivity contribution in [3.63, 3.8) is 0 Å². The summed E-state index contributed by atoms with van der Waals surface area (Å²) in [5.74, 6) is 1.05. The minimum atomic E-state index is -0.670. The highest BCUT2D eigenvalue weighted by atomic mass is 16.5. The third-order valence-electron chi connectivity index (χ3n) is 8.90. The molecule has 2 aliphatic carbocycles. The van der Waals surface area contributed by atoms with Crippen LogP contribution < -0.4 is 0 Å². The minimum Gasteiger partial charge on any atom is -0.461 e. The van der Waals surface area contributed by atoms with Crippen molar-refractivity contribution in [3.8, 4) is 0 Å². The van der Waals surface area contributed by atoms with Crippen LogP contribution in [0.1, 0.15) is 94.6 Å². The maximum atomic E-state index is 12.3. The predicted octanol–water partition coefficient (Wildman–Crippen LogP) is 7.18. The second-order valence-corrected chi connectivity index (χ2v) is 11.9. The topological polar surface area (TPSA) is 82.1 Å². The molecule has 1 aromatic rings. The third kappa shape index (κ3) is 10.3. The molecule has 2 atom stereocenters. The number of hydrogen-bond donors (Lipinski definition) is 1. The van der Waals surface area contributed by atoms with Gasteiger partial charge in [0.25, 0.3) is 0 Å². The molecule has 1 N–H and O–H groups in total. The lowest BCUT2D eigenvalue weighted by molar-refractivity contribution is -0.143. The fourth-order valence-corrected chi connectivity index (χ4v) is 6.24. The molecule has 0 radical (unpaired) electrons. The van der Waals surface area contributed by atoms with E-state index in [0.717, 1.165) is 36.2 Å². The van der Waals surface area contributed by atoms with Crippen LogP contribution in [0.25, 0.3) is 5.57 Å². The number of ether oxygens (including phenoxy) is 3. The van der Waals surface area contributed by atoms with Gasteiger partial charge in [-0.3, -0.25) is 0 Å². The van der Waals surface area contributed by atoms with E-state index < -0.39 is 18.5 Å². The van der Waals surface area contributed by atoms with Gasteiger partial charge < -0.3 is 19.3 Å². The van der Waals surface area contributed by atoms with Crippen LogP contribution in [-0.2, 0) is 23.8 Å². The van der Waals surface area contributed by atoms with E-state index in [2.05, 4.69) is 38.3 Å². The van der Waals surface area contributed by atoms with E-state index in [-0.39, 0.29) is 36.9 Å². The molecular weight excluding hydrogens is 516 g/mol. The highest BCUT2D eigenvalue weighted by Gasteiger charge is 2.29. The Morgan fingerprint density at radius 2 is 1.59 bits per heavy atom. The Bertz CT molecular complexity index is 1030. The van der Waals surface area contributed by atoms with Crippen LogP contribution in [-0.4, -0.2) is 50.6 Å². The number of hydrogen-bond acceptors (Lipinski definition) is 6. The first-order chi connectivity index (χ1) is 19.9. The zero-order chi connectivity index (χ0) is 29.6. The standard InChI is InChI=1S/C35H50O6/c1-5-6-7-8-27-9-11-28(12-10-27)29-13-15-30(16-14-29)31-17-19-32(20-18-31)33(23-40-34(37)25(2)21-36)24-41-35(38)26(3)22-39-4/h15,17-20,27-29,33,36H,2-3,5-14,16,21-24H2,1,4H3. The fourth-order valence-electron chi connectivity index (χ4n) is 6.24. The largest absolute Gasteiger partial charge is 0.461 e. The molecule has 41 heavy (non-hydrogen) atoms. The van der Waals surface area contributed by atoms with E-state index in [4.69, 9.17) is 14.2 Å². The van der Waals surface area contributed by atoms with Crippen molar-refractivity contribution in [1.82, 2.24) is 0 Å². The quantitative estimate of drug-likeness (QED) is 0.130. The molecule has 0 aliphatic heterocycles. The lowest BCUT2D eigenvalue weighted by Crippen LogP contribution is -2.23. The summed E-state index contributed by atoms with van der Waals surface area (Å²) in [4.78, 5) is 24.4. The maximum absolute atomic E-state index is 12.3. The van der Waals surface area contributed by atoms with Crippen molar-refractivity contribution in [3.05, 3.63) is 65.8 Å². The zero-order valence-corrected chi connectivity index (χ0v) is 25.2. The summed E-state index contributed by atoms with van der Waals surface area (Å²) < 4.78 is 15.8. The Kier molecular flexibility index (Phi) is 13.8. The van der Waals surface area contributed by atoms with Gasteiger partial charge in [-0.25, -0.2) is 9.59 Å². The molecule has 2 aliphatic rings. The lowest BCUT2D eigenvalue weighted by Gasteiger charge is -2.35. The number of aliphatic hydroxyl groups is 1. The number of rotatable bonds is 16. The van der Waals surface area contributed by atoms with E-state index in [1.54, 1.807) is 0 Å². The normalized spacial score (nSPS) is 21.4. The van der Waals surface area contributed by atoms with Crippen LogP contribution in [0, 0.1) is 17.8 Å². The summed E-state index contributed by atoms with van der Waals surface area (Å²) in [5.41, 5.74) is 3.69. The van der Waals surface area contributed by atoms with Crippen LogP contribution in [0.2, 0.25) is 0 Å². The van der Waals surface area contributed by atoms with Crippen LogP contribution in [0.4, 0.5) is 0 Å². The average Bonchev–Trinajstić information content (AvgIpc) is 3.01. The number of allylic oxidation sites excluding steroid dienone is 2. The van der Waals surface area contributed by atoms with Gasteiger partial charge in [-0.1, -0.05) is 88.9 Å². The third-order valence-corrected chi connectivity index (χ3v) is 8.90. The summed E-state index contributed by atoms with van der Waals surface area (Å²) in [5, 5.41) is 9.17. The average molecular weight is 567 g/mol. The Morgan fingerprint density at radius 1 is 0.927 bits per heavy atom. The van der Waals surface area contributed by atoms with Gasteiger partial charge in [-0.15, -0.1) is 0 Å². The van der Waals surface area contributed by atoms with Gasteiger partial charge in [-0.05, 0) is 66.6 Å². The predicted molar refractivity (Wildman–Crippen MR) is 163 cm³/mol. The second kappa shape index (κ2) is 17.3. The summed E-state index contributed by atoms with van der Waals surface area (Å²) in [6, 6.07) is 8.24. The second-order valence-electron chi connectivity index (χ2n) is 11.9. The van der Waals surface area contributed by atoms with Crippen LogP contribution in [0.5, 0.6) is 0 Å². The molecule has 2 unspecified atom stereocenters. The van der Waals surface area contributed by atoms with Crippen molar-refractivity contribution in [2.24, 2.45) is 17.8 Å². The summed E-state index contributed by atoms with van der Waals surface area (Å²) in [6.45, 7) is 9.11. The highest BCUT2D eigenvalue weighted by molar-refractivity contribution is 5.88.